The van der Waals surface area contributed by atoms with Gasteiger partial charge in [0.2, 0.25) is 0 Å². The highest BCUT2D eigenvalue weighted by Gasteiger charge is 2.30. The van der Waals surface area contributed by atoms with Crippen molar-refractivity contribution in [1.29, 1.82) is 0 Å². The van der Waals surface area contributed by atoms with E-state index in [9.17, 15) is 4.79 Å². The molecule has 21 heavy (non-hydrogen) atoms. The summed E-state index contributed by atoms with van der Waals surface area (Å²) in [5.74, 6) is 1.63. The molecule has 0 radical (unpaired) electrons. The van der Waals surface area contributed by atoms with Crippen LogP contribution in [0.5, 0.6) is 0 Å². The van der Waals surface area contributed by atoms with Crippen LogP contribution >= 0.6 is 0 Å². The second-order valence-electron chi connectivity index (χ2n) is 7.19. The number of piperidine rings is 1. The number of likely N-dealkylation sites (tertiary alicyclic amines) is 1. The molecule has 1 aromatic rings. The zero-order valence-electron chi connectivity index (χ0n) is 14.4. The summed E-state index contributed by atoms with van der Waals surface area (Å²) in [4.78, 5) is 15.2. The summed E-state index contributed by atoms with van der Waals surface area (Å²) in [6.07, 6.45) is 1.27. The van der Waals surface area contributed by atoms with Crippen LogP contribution in [0, 0.1) is 32.6 Å². The molecule has 3 unspecified atom stereocenters. The lowest BCUT2D eigenvalue weighted by atomic mass is 9.85. The van der Waals surface area contributed by atoms with Gasteiger partial charge < -0.3 is 0 Å². The standard InChI is InChI=1S/C19H29NO/c1-12-7-15(4)19(16(5)8-12)18(21)11-20-10-13(2)9-14(3)17(20)6/h7-8,13-14,17H,9-11H2,1-6H3. The normalized spacial score (nSPS) is 26.9. The Bertz CT molecular complexity index is 511. The minimum Gasteiger partial charge on any atom is -0.293 e. The fourth-order valence-corrected chi connectivity index (χ4v) is 3.92. The van der Waals surface area contributed by atoms with Gasteiger partial charge in [0.1, 0.15) is 0 Å². The molecule has 1 aliphatic rings. The van der Waals surface area contributed by atoms with Crippen LogP contribution in [0.15, 0.2) is 12.1 Å². The molecule has 0 bridgehead atoms. The van der Waals surface area contributed by atoms with Gasteiger partial charge in [-0.25, -0.2) is 0 Å². The van der Waals surface area contributed by atoms with E-state index >= 15 is 0 Å². The lowest BCUT2D eigenvalue weighted by Crippen LogP contribution is -2.47. The molecular weight excluding hydrogens is 258 g/mol. The predicted octanol–water partition coefficient (Wildman–Crippen LogP) is 4.16. The molecule has 0 amide bonds. The van der Waals surface area contributed by atoms with E-state index in [0.717, 1.165) is 23.2 Å². The summed E-state index contributed by atoms with van der Waals surface area (Å²) in [6.45, 7) is 14.7. The van der Waals surface area contributed by atoms with Crippen molar-refractivity contribution < 1.29 is 4.79 Å². The number of hydrogen-bond donors (Lipinski definition) is 0. The Kier molecular flexibility index (Phi) is 4.88. The maximum Gasteiger partial charge on any atom is 0.177 e. The molecule has 2 heteroatoms. The van der Waals surface area contributed by atoms with Gasteiger partial charge in [-0.15, -0.1) is 0 Å². The average molecular weight is 287 g/mol. The maximum absolute atomic E-state index is 12.8. The van der Waals surface area contributed by atoms with Gasteiger partial charge in [0.05, 0.1) is 6.54 Å². The molecule has 2 nitrogen and oxygen atoms in total. The van der Waals surface area contributed by atoms with Crippen LogP contribution in [0.4, 0.5) is 0 Å². The fraction of sp³-hybridized carbons (Fsp3) is 0.632. The molecule has 0 aliphatic carbocycles. The third kappa shape index (κ3) is 3.55. The first-order valence-corrected chi connectivity index (χ1v) is 8.14. The van der Waals surface area contributed by atoms with Gasteiger partial charge in [-0.1, -0.05) is 31.5 Å². The lowest BCUT2D eigenvalue weighted by molar-refractivity contribution is 0.0649. The van der Waals surface area contributed by atoms with Crippen molar-refractivity contribution in [3.63, 3.8) is 0 Å². The largest absolute Gasteiger partial charge is 0.293 e. The van der Waals surface area contributed by atoms with Crippen molar-refractivity contribution in [2.45, 2.75) is 54.0 Å². The molecule has 0 N–H and O–H groups in total. The van der Waals surface area contributed by atoms with E-state index in [1.54, 1.807) is 0 Å². The van der Waals surface area contributed by atoms with Crippen molar-refractivity contribution >= 4 is 5.78 Å². The molecule has 0 spiro atoms. The van der Waals surface area contributed by atoms with Crippen LogP contribution < -0.4 is 0 Å². The summed E-state index contributed by atoms with van der Waals surface area (Å²) in [6, 6.07) is 4.73. The zero-order chi connectivity index (χ0) is 15.7. The van der Waals surface area contributed by atoms with Crippen molar-refractivity contribution in [2.75, 3.05) is 13.1 Å². The van der Waals surface area contributed by atoms with Crippen molar-refractivity contribution in [1.82, 2.24) is 4.90 Å². The number of benzene rings is 1. The fourth-order valence-electron chi connectivity index (χ4n) is 3.92. The van der Waals surface area contributed by atoms with Gasteiger partial charge >= 0.3 is 0 Å². The number of ketones is 1. The Labute approximate surface area is 129 Å². The topological polar surface area (TPSA) is 20.3 Å². The second-order valence-corrected chi connectivity index (χ2v) is 7.19. The molecule has 1 fully saturated rings. The smallest absolute Gasteiger partial charge is 0.177 e. The Morgan fingerprint density at radius 3 is 2.29 bits per heavy atom. The molecule has 0 saturated carbocycles. The monoisotopic (exact) mass is 287 g/mol. The van der Waals surface area contributed by atoms with Crippen LogP contribution in [0.3, 0.4) is 0 Å². The van der Waals surface area contributed by atoms with E-state index < -0.39 is 0 Å². The highest BCUT2D eigenvalue weighted by atomic mass is 16.1. The molecule has 3 atom stereocenters. The SMILES string of the molecule is Cc1cc(C)c(C(=O)CN2CC(C)CC(C)C2C)c(C)c1. The zero-order valence-corrected chi connectivity index (χ0v) is 14.4. The van der Waals surface area contributed by atoms with Gasteiger partial charge in [-0.2, -0.15) is 0 Å². The van der Waals surface area contributed by atoms with Crippen molar-refractivity contribution in [3.8, 4) is 0 Å². The Morgan fingerprint density at radius 2 is 1.71 bits per heavy atom. The van der Waals surface area contributed by atoms with Gasteiger partial charge in [-0.3, -0.25) is 9.69 Å². The predicted molar refractivity (Wildman–Crippen MR) is 89.0 cm³/mol. The van der Waals surface area contributed by atoms with E-state index in [4.69, 9.17) is 0 Å². The van der Waals surface area contributed by atoms with Crippen LogP contribution in [0.1, 0.15) is 54.2 Å². The average Bonchev–Trinajstić information content (AvgIpc) is 2.33. The first-order chi connectivity index (χ1) is 9.79. The number of carbonyl (C=O) groups excluding carboxylic acids is 1. The number of rotatable bonds is 3. The minimum atomic E-state index is 0.276. The molecule has 2 rings (SSSR count). The quantitative estimate of drug-likeness (QED) is 0.778. The number of nitrogens with zero attached hydrogens (tertiary/aromatic N) is 1. The Morgan fingerprint density at radius 1 is 1.14 bits per heavy atom. The lowest BCUT2D eigenvalue weighted by Gasteiger charge is -2.40. The molecule has 1 aromatic carbocycles. The van der Waals surface area contributed by atoms with Crippen molar-refractivity contribution in [3.05, 3.63) is 34.4 Å². The molecule has 1 heterocycles. The highest BCUT2D eigenvalue weighted by molar-refractivity contribution is 6.00. The van der Waals surface area contributed by atoms with Crippen LogP contribution in [-0.4, -0.2) is 29.8 Å². The van der Waals surface area contributed by atoms with Gasteiger partial charge in [0.15, 0.2) is 5.78 Å². The summed E-state index contributed by atoms with van der Waals surface area (Å²) in [5.41, 5.74) is 4.39. The van der Waals surface area contributed by atoms with E-state index in [1.165, 1.54) is 12.0 Å². The Hall–Kier alpha value is -1.15. The number of hydrogen-bond acceptors (Lipinski definition) is 2. The first-order valence-electron chi connectivity index (χ1n) is 8.14. The second kappa shape index (κ2) is 6.31. The number of aryl methyl sites for hydroxylation is 3. The third-order valence-electron chi connectivity index (χ3n) is 5.02. The highest BCUT2D eigenvalue weighted by Crippen LogP contribution is 2.27. The minimum absolute atomic E-state index is 0.276. The van der Waals surface area contributed by atoms with Crippen molar-refractivity contribution in [2.24, 2.45) is 11.8 Å². The molecular formula is C19H29NO. The van der Waals surface area contributed by atoms with Crippen LogP contribution in [0.2, 0.25) is 0 Å². The maximum atomic E-state index is 12.8. The van der Waals surface area contributed by atoms with Gasteiger partial charge in [0, 0.05) is 18.2 Å². The van der Waals surface area contributed by atoms with E-state index in [0.29, 0.717) is 24.4 Å². The summed E-state index contributed by atoms with van der Waals surface area (Å²) < 4.78 is 0. The van der Waals surface area contributed by atoms with E-state index in [1.807, 2.05) is 0 Å². The van der Waals surface area contributed by atoms with E-state index in [-0.39, 0.29) is 5.78 Å². The van der Waals surface area contributed by atoms with Gasteiger partial charge in [-0.05, 0) is 57.1 Å². The number of carbonyl (C=O) groups is 1. The Balaban J connectivity index is 2.18. The molecule has 116 valence electrons. The third-order valence-corrected chi connectivity index (χ3v) is 5.02. The molecule has 0 aromatic heterocycles. The van der Waals surface area contributed by atoms with Gasteiger partial charge in [0.25, 0.3) is 0 Å². The van der Waals surface area contributed by atoms with Crippen LogP contribution in [-0.2, 0) is 0 Å². The molecule has 1 saturated heterocycles. The summed E-state index contributed by atoms with van der Waals surface area (Å²) in [5, 5.41) is 0. The number of Topliss-reactive ketones (excluding diaryl/α,β-unsaturated/α-hetero) is 1. The summed E-state index contributed by atoms with van der Waals surface area (Å²) >= 11 is 0. The summed E-state index contributed by atoms with van der Waals surface area (Å²) in [7, 11) is 0. The van der Waals surface area contributed by atoms with E-state index in [2.05, 4.69) is 58.6 Å². The molecule has 1 aliphatic heterocycles. The first kappa shape index (κ1) is 16.2. The van der Waals surface area contributed by atoms with Crippen LogP contribution in [0.25, 0.3) is 0 Å².